The molecule has 0 aliphatic rings. The molecule has 2 atom stereocenters. The van der Waals surface area contributed by atoms with E-state index < -0.39 is 23.8 Å². The number of hydrogen-bond acceptors (Lipinski definition) is 5. The first-order valence-electron chi connectivity index (χ1n) is 13.9. The Morgan fingerprint density at radius 1 is 0.905 bits per heavy atom. The van der Waals surface area contributed by atoms with Gasteiger partial charge in [0.25, 0.3) is 5.91 Å². The van der Waals surface area contributed by atoms with E-state index in [9.17, 15) is 18.7 Å². The smallest absolute Gasteiger partial charge is 0.251 e. The van der Waals surface area contributed by atoms with Crippen LogP contribution < -0.4 is 15.4 Å². The molecular weight excluding hydrogens is 583 g/mol. The van der Waals surface area contributed by atoms with Crippen LogP contribution in [0.2, 0.25) is 0 Å². The molecule has 0 fully saturated rings. The minimum absolute atomic E-state index is 0. The van der Waals surface area contributed by atoms with E-state index in [-0.39, 0.29) is 43.7 Å². The van der Waals surface area contributed by atoms with Crippen molar-refractivity contribution in [2.75, 3.05) is 26.7 Å². The van der Waals surface area contributed by atoms with Gasteiger partial charge >= 0.3 is 0 Å². The molecule has 3 aromatic rings. The van der Waals surface area contributed by atoms with Crippen molar-refractivity contribution in [1.82, 2.24) is 15.5 Å². The van der Waals surface area contributed by atoms with Gasteiger partial charge in [0.1, 0.15) is 17.4 Å². The molecule has 6 nitrogen and oxygen atoms in total. The number of carbonyl (C=O) groups excluding carboxylic acids is 1. The van der Waals surface area contributed by atoms with E-state index in [0.29, 0.717) is 17.7 Å². The molecule has 3 rings (SSSR count). The van der Waals surface area contributed by atoms with Gasteiger partial charge in [-0.25, -0.2) is 8.78 Å². The molecule has 3 N–H and O–H groups in total. The number of nitrogens with one attached hydrogen (secondary N) is 2. The summed E-state index contributed by atoms with van der Waals surface area (Å²) in [7, 11) is 1.60. The highest BCUT2D eigenvalue weighted by atomic mass is 35.5. The van der Waals surface area contributed by atoms with E-state index in [1.165, 1.54) is 12.1 Å². The number of aliphatic hydroxyl groups excluding tert-OH is 1. The molecule has 0 radical (unpaired) electrons. The van der Waals surface area contributed by atoms with Crippen molar-refractivity contribution in [3.05, 3.63) is 101 Å². The summed E-state index contributed by atoms with van der Waals surface area (Å²) in [5.74, 6) is -1.04. The Balaban J connectivity index is 0.00000441. The second-order valence-electron chi connectivity index (χ2n) is 10.1. The van der Waals surface area contributed by atoms with Gasteiger partial charge in [0.15, 0.2) is 0 Å². The zero-order valence-corrected chi connectivity index (χ0v) is 26.1. The van der Waals surface area contributed by atoms with E-state index in [0.717, 1.165) is 55.4 Å². The molecule has 0 saturated heterocycles. The number of amides is 1. The molecule has 232 valence electrons. The van der Waals surface area contributed by atoms with E-state index in [1.54, 1.807) is 13.2 Å². The zero-order valence-electron chi connectivity index (χ0n) is 24.4. The number of nitrogens with zero attached hydrogens (tertiary/aromatic N) is 1. The number of methoxy groups -OCH3 is 1. The summed E-state index contributed by atoms with van der Waals surface area (Å²) in [6.45, 7) is 7.62. The first-order valence-corrected chi connectivity index (χ1v) is 13.9. The molecule has 0 aliphatic heterocycles. The predicted molar refractivity (Wildman–Crippen MR) is 169 cm³/mol. The van der Waals surface area contributed by atoms with Crippen LogP contribution in [0.15, 0.2) is 66.7 Å². The lowest BCUT2D eigenvalue weighted by Gasteiger charge is -2.25. The topological polar surface area (TPSA) is 73.8 Å². The van der Waals surface area contributed by atoms with Gasteiger partial charge in [-0.3, -0.25) is 9.69 Å². The normalized spacial score (nSPS) is 12.2. The van der Waals surface area contributed by atoms with Crippen LogP contribution in [0, 0.1) is 11.6 Å². The summed E-state index contributed by atoms with van der Waals surface area (Å²) in [5, 5.41) is 17.2. The summed E-state index contributed by atoms with van der Waals surface area (Å²) in [6.07, 6.45) is 1.13. The van der Waals surface area contributed by atoms with Gasteiger partial charge in [0.05, 0.1) is 19.3 Å². The Labute approximate surface area is 260 Å². The number of rotatable bonds is 16. The number of ether oxygens (including phenoxy) is 1. The summed E-state index contributed by atoms with van der Waals surface area (Å²) in [4.78, 5) is 15.7. The Morgan fingerprint density at radius 3 is 2.19 bits per heavy atom. The van der Waals surface area contributed by atoms with Gasteiger partial charge < -0.3 is 20.5 Å². The first kappa shape index (κ1) is 37.3. The SMILES string of the molecule is CCCN(CCC)Cc1cccc(C(=O)N[C@@H](Cc2cc(F)cc(F)c2)[C@@H](O)CNCc2cccc(OC)c2)c1.Cl.Cl. The molecule has 0 saturated carbocycles. The molecule has 1 amide bonds. The Hall–Kier alpha value is -2.75. The lowest BCUT2D eigenvalue weighted by Crippen LogP contribution is -2.48. The van der Waals surface area contributed by atoms with Crippen molar-refractivity contribution in [2.45, 2.75) is 58.3 Å². The van der Waals surface area contributed by atoms with Crippen LogP contribution in [0.25, 0.3) is 0 Å². The number of hydrogen-bond donors (Lipinski definition) is 3. The quantitative estimate of drug-likeness (QED) is 0.184. The third-order valence-corrected chi connectivity index (χ3v) is 6.65. The van der Waals surface area contributed by atoms with Gasteiger partial charge in [0, 0.05) is 31.3 Å². The van der Waals surface area contributed by atoms with Crippen molar-refractivity contribution in [2.24, 2.45) is 0 Å². The highest BCUT2D eigenvalue weighted by molar-refractivity contribution is 5.94. The van der Waals surface area contributed by atoms with Gasteiger partial charge in [-0.1, -0.05) is 38.1 Å². The standard InChI is InChI=1S/C32H41F2N3O3.2ClH/c1-4-12-37(13-5-2)22-24-9-6-10-26(14-24)32(39)36-30(18-25-15-27(33)19-28(34)16-25)31(38)21-35-20-23-8-7-11-29(17-23)40-3;;/h6-11,14-17,19,30-31,35,38H,4-5,12-13,18,20-22H2,1-3H3,(H,36,39);2*1H/t30-,31-;;/m0../s1. The van der Waals surface area contributed by atoms with Crippen molar-refractivity contribution in [3.63, 3.8) is 0 Å². The third-order valence-electron chi connectivity index (χ3n) is 6.65. The largest absolute Gasteiger partial charge is 0.497 e. The van der Waals surface area contributed by atoms with Gasteiger partial charge in [-0.05, 0) is 85.4 Å². The number of halogens is 4. The summed E-state index contributed by atoms with van der Waals surface area (Å²) < 4.78 is 33.1. The number of aliphatic hydroxyl groups is 1. The summed E-state index contributed by atoms with van der Waals surface area (Å²) >= 11 is 0. The maximum Gasteiger partial charge on any atom is 0.251 e. The van der Waals surface area contributed by atoms with Gasteiger partial charge in [0.2, 0.25) is 0 Å². The molecule has 0 aliphatic carbocycles. The minimum atomic E-state index is -1.02. The average Bonchev–Trinajstić information content (AvgIpc) is 2.92. The Bertz CT molecular complexity index is 1210. The maximum atomic E-state index is 13.9. The molecule has 3 aromatic carbocycles. The van der Waals surface area contributed by atoms with Gasteiger partial charge in [-0.15, -0.1) is 24.8 Å². The maximum absolute atomic E-state index is 13.9. The molecule has 0 aromatic heterocycles. The van der Waals surface area contributed by atoms with Crippen molar-refractivity contribution in [1.29, 1.82) is 0 Å². The average molecular weight is 627 g/mol. The van der Waals surface area contributed by atoms with Crippen molar-refractivity contribution >= 4 is 30.7 Å². The van der Waals surface area contributed by atoms with Crippen LogP contribution in [0.4, 0.5) is 8.78 Å². The Kier molecular flexibility index (Phi) is 17.3. The van der Waals surface area contributed by atoms with Crippen LogP contribution in [0.5, 0.6) is 5.75 Å². The fourth-order valence-electron chi connectivity index (χ4n) is 4.78. The Morgan fingerprint density at radius 2 is 1.55 bits per heavy atom. The van der Waals surface area contributed by atoms with Crippen LogP contribution in [-0.4, -0.2) is 54.8 Å². The molecule has 0 unspecified atom stereocenters. The highest BCUT2D eigenvalue weighted by Gasteiger charge is 2.23. The van der Waals surface area contributed by atoms with Crippen LogP contribution in [0.3, 0.4) is 0 Å². The molecule has 0 bridgehead atoms. The highest BCUT2D eigenvalue weighted by Crippen LogP contribution is 2.15. The molecular formula is C32H43Cl2F2N3O3. The van der Waals surface area contributed by atoms with E-state index in [4.69, 9.17) is 4.74 Å². The lowest BCUT2D eigenvalue weighted by molar-refractivity contribution is 0.0829. The molecule has 0 heterocycles. The lowest BCUT2D eigenvalue weighted by atomic mass is 9.99. The van der Waals surface area contributed by atoms with E-state index >= 15 is 0 Å². The summed E-state index contributed by atoms with van der Waals surface area (Å²) in [5.41, 5.74) is 2.81. The predicted octanol–water partition coefficient (Wildman–Crippen LogP) is 5.93. The second kappa shape index (κ2) is 19.4. The van der Waals surface area contributed by atoms with Crippen LogP contribution in [-0.2, 0) is 19.5 Å². The number of benzene rings is 3. The second-order valence-corrected chi connectivity index (χ2v) is 10.1. The van der Waals surface area contributed by atoms with E-state index in [2.05, 4.69) is 29.4 Å². The fourth-order valence-corrected chi connectivity index (χ4v) is 4.78. The zero-order chi connectivity index (χ0) is 28.9. The third kappa shape index (κ3) is 12.2. The van der Waals surface area contributed by atoms with Crippen LogP contribution >= 0.6 is 24.8 Å². The van der Waals surface area contributed by atoms with Gasteiger partial charge in [-0.2, -0.15) is 0 Å². The molecule has 42 heavy (non-hydrogen) atoms. The van der Waals surface area contributed by atoms with Crippen LogP contribution in [0.1, 0.15) is 53.7 Å². The van der Waals surface area contributed by atoms with E-state index in [1.807, 2.05) is 42.5 Å². The van der Waals surface area contributed by atoms with Crippen molar-refractivity contribution in [3.8, 4) is 5.75 Å². The monoisotopic (exact) mass is 625 g/mol. The molecule has 0 spiro atoms. The number of carbonyl (C=O) groups is 1. The minimum Gasteiger partial charge on any atom is -0.497 e. The molecule has 10 heteroatoms. The van der Waals surface area contributed by atoms with Crippen molar-refractivity contribution < 1.29 is 23.4 Å². The first-order chi connectivity index (χ1) is 19.3. The fraction of sp³-hybridized carbons (Fsp3) is 0.406. The summed E-state index contributed by atoms with van der Waals surface area (Å²) in [6, 6.07) is 17.5.